The zero-order chi connectivity index (χ0) is 26.2. The van der Waals surface area contributed by atoms with E-state index in [4.69, 9.17) is 0 Å². The Hall–Kier alpha value is -3.64. The second kappa shape index (κ2) is 10.5. The number of aromatic amines is 1. The fraction of sp³-hybridized carbons (Fsp3) is 0.364. The van der Waals surface area contributed by atoms with Gasteiger partial charge in [0.2, 0.25) is 0 Å². The summed E-state index contributed by atoms with van der Waals surface area (Å²) in [6, 6.07) is 25.9. The predicted octanol–water partition coefficient (Wildman–Crippen LogP) is 7.32. The number of halogens is 1. The second-order valence-electron chi connectivity index (χ2n) is 11.2. The van der Waals surface area contributed by atoms with Crippen molar-refractivity contribution in [3.63, 3.8) is 0 Å². The van der Waals surface area contributed by atoms with Crippen LogP contribution in [0.4, 0.5) is 15.8 Å². The Morgan fingerprint density at radius 1 is 0.718 bits per heavy atom. The van der Waals surface area contributed by atoms with E-state index in [9.17, 15) is 4.39 Å². The van der Waals surface area contributed by atoms with E-state index in [1.54, 1.807) is 12.1 Å². The van der Waals surface area contributed by atoms with Crippen molar-refractivity contribution in [2.75, 3.05) is 29.4 Å². The van der Waals surface area contributed by atoms with Crippen LogP contribution in [0.15, 0.2) is 79.0 Å². The normalized spacial score (nSPS) is 23.2. The Morgan fingerprint density at radius 3 is 2.00 bits per heavy atom. The molecule has 3 aliphatic rings. The number of imidazole rings is 1. The minimum absolute atomic E-state index is 0.197. The smallest absolute Gasteiger partial charge is 0.123 e. The summed E-state index contributed by atoms with van der Waals surface area (Å²) < 4.78 is 13.9. The molecule has 200 valence electrons. The topological polar surface area (TPSA) is 47.2 Å². The molecule has 0 aliphatic carbocycles. The molecule has 6 heteroatoms. The second-order valence-corrected chi connectivity index (χ2v) is 11.2. The standard InChI is InChI=1S/C33H36FN5/c34-26-11-15-28(16-12-26)39-31(17-18-32(39)25-9-13-27(14-10-25)38-20-1-2-21-38)24-7-5-23(6-8-24)30-22-36-33(37-30)29-4-3-19-35-29/h5-16,22,29,31-32,35H,1-4,17-21H2,(H,36,37)/t29-,31?,32-/m0/s1. The number of nitrogens with one attached hydrogen (secondary N) is 2. The monoisotopic (exact) mass is 521 g/mol. The summed E-state index contributed by atoms with van der Waals surface area (Å²) in [4.78, 5) is 13.2. The molecule has 4 aromatic rings. The SMILES string of the molecule is Fc1ccc(N2C(c3ccc(-c4cnc([C@@H]5CCCN5)[nH]4)cc3)CC[C@H]2c2ccc(N3CCCC3)cc2)cc1. The zero-order valence-corrected chi connectivity index (χ0v) is 22.3. The van der Waals surface area contributed by atoms with Gasteiger partial charge >= 0.3 is 0 Å². The fourth-order valence-electron chi connectivity index (χ4n) is 6.78. The van der Waals surface area contributed by atoms with E-state index in [1.165, 1.54) is 36.1 Å². The summed E-state index contributed by atoms with van der Waals surface area (Å²) in [6.07, 6.45) is 8.96. The Kier molecular flexibility index (Phi) is 6.57. The Balaban J connectivity index is 1.16. The number of rotatable bonds is 6. The lowest BCUT2D eigenvalue weighted by Crippen LogP contribution is -2.26. The van der Waals surface area contributed by atoms with Crippen molar-refractivity contribution in [2.45, 2.75) is 56.7 Å². The van der Waals surface area contributed by atoms with Gasteiger partial charge in [0.05, 0.1) is 30.0 Å². The van der Waals surface area contributed by atoms with Crippen molar-refractivity contribution in [1.82, 2.24) is 15.3 Å². The number of H-pyrrole nitrogens is 1. The molecule has 2 N–H and O–H groups in total. The van der Waals surface area contributed by atoms with Crippen LogP contribution in [0.1, 0.15) is 73.6 Å². The lowest BCUT2D eigenvalue weighted by Gasteiger charge is -2.33. The van der Waals surface area contributed by atoms with Crippen LogP contribution in [0.2, 0.25) is 0 Å². The van der Waals surface area contributed by atoms with Gasteiger partial charge in [-0.25, -0.2) is 9.37 Å². The van der Waals surface area contributed by atoms with Crippen molar-refractivity contribution >= 4 is 11.4 Å². The van der Waals surface area contributed by atoms with Crippen molar-refractivity contribution in [3.8, 4) is 11.3 Å². The third-order valence-electron chi connectivity index (χ3n) is 8.85. The minimum atomic E-state index is -0.197. The van der Waals surface area contributed by atoms with Crippen LogP contribution in [-0.4, -0.2) is 29.6 Å². The number of hydrogen-bond donors (Lipinski definition) is 2. The average molecular weight is 522 g/mol. The van der Waals surface area contributed by atoms with E-state index in [2.05, 4.69) is 73.6 Å². The summed E-state index contributed by atoms with van der Waals surface area (Å²) >= 11 is 0. The fourth-order valence-corrected chi connectivity index (χ4v) is 6.78. The van der Waals surface area contributed by atoms with Crippen molar-refractivity contribution < 1.29 is 4.39 Å². The van der Waals surface area contributed by atoms with Crippen LogP contribution in [0.5, 0.6) is 0 Å². The van der Waals surface area contributed by atoms with Crippen LogP contribution in [0, 0.1) is 5.82 Å². The van der Waals surface area contributed by atoms with E-state index in [-0.39, 0.29) is 17.9 Å². The summed E-state index contributed by atoms with van der Waals surface area (Å²) in [5.74, 6) is 0.834. The van der Waals surface area contributed by atoms with Gasteiger partial charge in [-0.05, 0) is 98.2 Å². The Morgan fingerprint density at radius 2 is 1.36 bits per heavy atom. The molecule has 3 atom stereocenters. The van der Waals surface area contributed by atoms with Crippen LogP contribution in [-0.2, 0) is 0 Å². The first-order valence-corrected chi connectivity index (χ1v) is 14.5. The summed E-state index contributed by atoms with van der Waals surface area (Å²) in [6.45, 7) is 3.37. The van der Waals surface area contributed by atoms with Crippen LogP contribution in [0.3, 0.4) is 0 Å². The molecule has 3 saturated heterocycles. The maximum Gasteiger partial charge on any atom is 0.123 e. The van der Waals surface area contributed by atoms with Crippen molar-refractivity contribution in [1.29, 1.82) is 0 Å². The molecule has 3 fully saturated rings. The van der Waals surface area contributed by atoms with Gasteiger partial charge in [-0.2, -0.15) is 0 Å². The first-order chi connectivity index (χ1) is 19.2. The molecule has 0 saturated carbocycles. The first-order valence-electron chi connectivity index (χ1n) is 14.5. The van der Waals surface area contributed by atoms with Crippen LogP contribution < -0.4 is 15.1 Å². The molecule has 0 bridgehead atoms. The lowest BCUT2D eigenvalue weighted by molar-refractivity contribution is 0.613. The lowest BCUT2D eigenvalue weighted by atomic mass is 10.0. The third-order valence-corrected chi connectivity index (χ3v) is 8.85. The van der Waals surface area contributed by atoms with E-state index >= 15 is 0 Å². The average Bonchev–Trinajstić information content (AvgIpc) is 3.81. The summed E-state index contributed by atoms with van der Waals surface area (Å²) in [7, 11) is 0. The zero-order valence-electron chi connectivity index (χ0n) is 22.3. The molecule has 3 aromatic carbocycles. The van der Waals surface area contributed by atoms with Crippen molar-refractivity contribution in [3.05, 3.63) is 102 Å². The molecule has 0 radical (unpaired) electrons. The number of nitrogens with zero attached hydrogens (tertiary/aromatic N) is 3. The van der Waals surface area contributed by atoms with Crippen LogP contribution in [0.25, 0.3) is 11.3 Å². The highest BCUT2D eigenvalue weighted by molar-refractivity contribution is 5.60. The molecule has 4 heterocycles. The number of aromatic nitrogens is 2. The highest BCUT2D eigenvalue weighted by Gasteiger charge is 2.35. The van der Waals surface area contributed by atoms with E-state index in [0.717, 1.165) is 61.7 Å². The molecule has 1 unspecified atom stereocenters. The van der Waals surface area contributed by atoms with Gasteiger partial charge in [-0.15, -0.1) is 0 Å². The molecule has 1 aromatic heterocycles. The molecule has 0 amide bonds. The van der Waals surface area contributed by atoms with Gasteiger partial charge in [0, 0.05) is 24.5 Å². The highest BCUT2D eigenvalue weighted by atomic mass is 19.1. The quantitative estimate of drug-likeness (QED) is 0.279. The molecular formula is C33H36FN5. The highest BCUT2D eigenvalue weighted by Crippen LogP contribution is 2.47. The van der Waals surface area contributed by atoms with Gasteiger partial charge in [0.1, 0.15) is 11.6 Å². The largest absolute Gasteiger partial charge is 0.372 e. The van der Waals surface area contributed by atoms with Gasteiger partial charge < -0.3 is 20.1 Å². The predicted molar refractivity (Wildman–Crippen MR) is 155 cm³/mol. The van der Waals surface area contributed by atoms with Gasteiger partial charge in [-0.1, -0.05) is 36.4 Å². The van der Waals surface area contributed by atoms with Gasteiger partial charge in [-0.3, -0.25) is 0 Å². The Bertz CT molecular complexity index is 1380. The van der Waals surface area contributed by atoms with E-state index in [1.807, 2.05) is 18.3 Å². The molecule has 0 spiro atoms. The Labute approximate surface area is 230 Å². The van der Waals surface area contributed by atoms with Gasteiger partial charge in [0.15, 0.2) is 0 Å². The van der Waals surface area contributed by atoms with Crippen LogP contribution >= 0.6 is 0 Å². The van der Waals surface area contributed by atoms with E-state index in [0.29, 0.717) is 6.04 Å². The maximum absolute atomic E-state index is 13.9. The number of anilines is 2. The molecule has 7 rings (SSSR count). The van der Waals surface area contributed by atoms with Gasteiger partial charge in [0.25, 0.3) is 0 Å². The van der Waals surface area contributed by atoms with Crippen molar-refractivity contribution in [2.24, 2.45) is 0 Å². The molecule has 5 nitrogen and oxygen atoms in total. The minimum Gasteiger partial charge on any atom is -0.372 e. The van der Waals surface area contributed by atoms with E-state index < -0.39 is 0 Å². The summed E-state index contributed by atoms with van der Waals surface area (Å²) in [5.41, 5.74) is 7.21. The molecule has 3 aliphatic heterocycles. The summed E-state index contributed by atoms with van der Waals surface area (Å²) in [5, 5.41) is 3.52. The maximum atomic E-state index is 13.9. The molecule has 39 heavy (non-hydrogen) atoms. The number of hydrogen-bond acceptors (Lipinski definition) is 4. The molecular weight excluding hydrogens is 485 g/mol. The first kappa shape index (κ1) is 24.4. The number of benzene rings is 3. The third kappa shape index (κ3) is 4.82.